The van der Waals surface area contributed by atoms with Crippen molar-refractivity contribution in [3.05, 3.63) is 0 Å². The smallest absolute Gasteiger partial charge is 0.310 e. The molecule has 0 aromatic carbocycles. The van der Waals surface area contributed by atoms with Gasteiger partial charge < -0.3 is 15.3 Å². The highest BCUT2D eigenvalue weighted by Gasteiger charge is 2.46. The fraction of sp³-hybridized carbons (Fsp3) is 0.867. The summed E-state index contributed by atoms with van der Waals surface area (Å²) in [6.45, 7) is 1.76. The molecule has 1 aliphatic heterocycles. The van der Waals surface area contributed by atoms with Gasteiger partial charge in [-0.05, 0) is 44.7 Å². The Balaban J connectivity index is 0.000000583. The van der Waals surface area contributed by atoms with Crippen molar-refractivity contribution in [2.45, 2.75) is 44.9 Å². The van der Waals surface area contributed by atoms with E-state index in [0.717, 1.165) is 45.2 Å². The Kier molecular flexibility index (Phi) is 9.62. The molecule has 1 heterocycles. The summed E-state index contributed by atoms with van der Waals surface area (Å²) >= 11 is 0. The Morgan fingerprint density at radius 2 is 1.67 bits per heavy atom. The second-order valence-electron chi connectivity index (χ2n) is 6.12. The van der Waals surface area contributed by atoms with Crippen LogP contribution in [0.25, 0.3) is 0 Å². The number of halogens is 1. The van der Waals surface area contributed by atoms with Crippen molar-refractivity contribution in [2.24, 2.45) is 11.3 Å². The van der Waals surface area contributed by atoms with Crippen molar-refractivity contribution in [1.29, 1.82) is 0 Å². The van der Waals surface area contributed by atoms with Gasteiger partial charge >= 0.3 is 5.97 Å². The topological polar surface area (TPSA) is 69.6 Å². The zero-order chi connectivity index (χ0) is 15.0. The van der Waals surface area contributed by atoms with E-state index in [2.05, 4.69) is 5.32 Å². The van der Waals surface area contributed by atoms with Crippen LogP contribution in [0.2, 0.25) is 0 Å². The Labute approximate surface area is 133 Å². The lowest BCUT2D eigenvalue weighted by atomic mass is 9.64. The number of carbonyl (C=O) groups excluding carboxylic acids is 1. The van der Waals surface area contributed by atoms with Crippen LogP contribution in [0.4, 0.5) is 0 Å². The molecule has 124 valence electrons. The lowest BCUT2D eigenvalue weighted by molar-refractivity contribution is -0.156. The maximum Gasteiger partial charge on any atom is 0.310 e. The van der Waals surface area contributed by atoms with E-state index in [-0.39, 0.29) is 12.4 Å². The number of nitrogens with zero attached hydrogens (tertiary/aromatic N) is 1. The zero-order valence-electron chi connectivity index (χ0n) is 13.1. The second-order valence-corrected chi connectivity index (χ2v) is 6.12. The summed E-state index contributed by atoms with van der Waals surface area (Å²) in [4.78, 5) is 22.4. The maximum atomic E-state index is 11.5. The highest BCUT2D eigenvalue weighted by Crippen LogP contribution is 2.44. The van der Waals surface area contributed by atoms with E-state index in [1.54, 1.807) is 14.1 Å². The van der Waals surface area contributed by atoms with Crippen molar-refractivity contribution in [3.8, 4) is 0 Å². The van der Waals surface area contributed by atoms with Crippen LogP contribution in [-0.4, -0.2) is 49.6 Å². The van der Waals surface area contributed by atoms with Crippen molar-refractivity contribution in [1.82, 2.24) is 10.2 Å². The molecule has 2 fully saturated rings. The fourth-order valence-electron chi connectivity index (χ4n) is 3.32. The number of rotatable bonds is 3. The lowest BCUT2D eigenvalue weighted by Crippen LogP contribution is -2.47. The third kappa shape index (κ3) is 5.83. The summed E-state index contributed by atoms with van der Waals surface area (Å²) in [5, 5.41) is 12.8. The number of carboxylic acids is 1. The standard InChI is InChI=1S/C12H21NO2.C3H7NO.ClH/c14-11(15)12(6-8-13-9-7-12)10-4-2-1-3-5-10;1-4(2)3-5;/h10,13H,1-9H2,(H,14,15);3H,1-2H3;1H. The number of carboxylic acid groups (broad SMARTS) is 1. The summed E-state index contributed by atoms with van der Waals surface area (Å²) < 4.78 is 0. The van der Waals surface area contributed by atoms with E-state index in [0.29, 0.717) is 5.92 Å². The van der Waals surface area contributed by atoms with Gasteiger partial charge in [0.15, 0.2) is 0 Å². The molecular formula is C15H29ClN2O3. The highest BCUT2D eigenvalue weighted by molar-refractivity contribution is 5.85. The van der Waals surface area contributed by atoms with Gasteiger partial charge in [-0.3, -0.25) is 9.59 Å². The van der Waals surface area contributed by atoms with Gasteiger partial charge in [-0.15, -0.1) is 12.4 Å². The predicted octanol–water partition coefficient (Wildman–Crippen LogP) is 2.15. The van der Waals surface area contributed by atoms with Gasteiger partial charge in [-0.2, -0.15) is 0 Å². The normalized spacial score (nSPS) is 21.2. The van der Waals surface area contributed by atoms with Crippen LogP contribution in [0, 0.1) is 11.3 Å². The summed E-state index contributed by atoms with van der Waals surface area (Å²) in [7, 11) is 3.38. The Morgan fingerprint density at radius 1 is 1.19 bits per heavy atom. The van der Waals surface area contributed by atoms with E-state index in [1.165, 1.54) is 24.2 Å². The minimum atomic E-state index is -0.545. The minimum absolute atomic E-state index is 0. The summed E-state index contributed by atoms with van der Waals surface area (Å²) in [6, 6.07) is 0. The fourth-order valence-corrected chi connectivity index (χ4v) is 3.32. The molecule has 5 nitrogen and oxygen atoms in total. The monoisotopic (exact) mass is 320 g/mol. The SMILES string of the molecule is CN(C)C=O.Cl.O=C(O)C1(C2CCCCC2)CCNCC1. The lowest BCUT2D eigenvalue weighted by Gasteiger charge is -2.42. The van der Waals surface area contributed by atoms with Gasteiger partial charge in [-0.1, -0.05) is 19.3 Å². The molecule has 1 saturated heterocycles. The average molecular weight is 321 g/mol. The minimum Gasteiger partial charge on any atom is -0.481 e. The average Bonchev–Trinajstić information content (AvgIpc) is 2.49. The van der Waals surface area contributed by atoms with Crippen molar-refractivity contribution in [2.75, 3.05) is 27.2 Å². The number of piperidine rings is 1. The molecule has 0 unspecified atom stereocenters. The molecule has 0 spiro atoms. The third-order valence-electron chi connectivity index (χ3n) is 4.52. The van der Waals surface area contributed by atoms with E-state index in [9.17, 15) is 14.7 Å². The van der Waals surface area contributed by atoms with E-state index < -0.39 is 11.4 Å². The van der Waals surface area contributed by atoms with Crippen LogP contribution in [0.1, 0.15) is 44.9 Å². The Bertz CT molecular complexity index is 312. The van der Waals surface area contributed by atoms with Crippen molar-refractivity contribution in [3.63, 3.8) is 0 Å². The molecule has 0 radical (unpaired) electrons. The maximum absolute atomic E-state index is 11.5. The summed E-state index contributed by atoms with van der Waals surface area (Å²) in [6.07, 6.45) is 8.42. The molecule has 1 amide bonds. The van der Waals surface area contributed by atoms with E-state index in [4.69, 9.17) is 0 Å². The molecule has 1 aliphatic carbocycles. The quantitative estimate of drug-likeness (QED) is 0.782. The molecule has 0 atom stereocenters. The third-order valence-corrected chi connectivity index (χ3v) is 4.52. The molecule has 21 heavy (non-hydrogen) atoms. The molecule has 0 bridgehead atoms. The number of hydrogen-bond acceptors (Lipinski definition) is 3. The van der Waals surface area contributed by atoms with Gasteiger partial charge in [0.2, 0.25) is 6.41 Å². The number of nitrogens with one attached hydrogen (secondary N) is 1. The molecule has 0 aromatic rings. The molecule has 2 rings (SSSR count). The first kappa shape index (κ1) is 20.2. The summed E-state index contributed by atoms with van der Waals surface area (Å²) in [5.74, 6) is -0.109. The number of aliphatic carboxylic acids is 1. The molecule has 2 N–H and O–H groups in total. The van der Waals surface area contributed by atoms with Crippen LogP contribution >= 0.6 is 12.4 Å². The zero-order valence-corrected chi connectivity index (χ0v) is 14.0. The number of hydrogen-bond donors (Lipinski definition) is 2. The first-order valence-electron chi connectivity index (χ1n) is 7.59. The van der Waals surface area contributed by atoms with E-state index in [1.807, 2.05) is 0 Å². The van der Waals surface area contributed by atoms with Crippen LogP contribution in [0.15, 0.2) is 0 Å². The Hall–Kier alpha value is -0.810. The van der Waals surface area contributed by atoms with E-state index >= 15 is 0 Å². The molecule has 0 aromatic heterocycles. The predicted molar refractivity (Wildman–Crippen MR) is 85.7 cm³/mol. The largest absolute Gasteiger partial charge is 0.481 e. The van der Waals surface area contributed by atoms with Gasteiger partial charge in [0.05, 0.1) is 5.41 Å². The van der Waals surface area contributed by atoms with Crippen LogP contribution in [0.3, 0.4) is 0 Å². The van der Waals surface area contributed by atoms with Crippen LogP contribution < -0.4 is 5.32 Å². The second kappa shape index (κ2) is 10.0. The van der Waals surface area contributed by atoms with Crippen molar-refractivity contribution >= 4 is 24.8 Å². The molecule has 6 heteroatoms. The van der Waals surface area contributed by atoms with Gasteiger partial charge in [0, 0.05) is 14.1 Å². The van der Waals surface area contributed by atoms with Gasteiger partial charge in [0.1, 0.15) is 0 Å². The highest BCUT2D eigenvalue weighted by atomic mass is 35.5. The summed E-state index contributed by atoms with van der Waals surface area (Å²) in [5.41, 5.74) is -0.397. The first-order valence-corrected chi connectivity index (χ1v) is 7.59. The van der Waals surface area contributed by atoms with Gasteiger partial charge in [-0.25, -0.2) is 0 Å². The molecule has 2 aliphatic rings. The van der Waals surface area contributed by atoms with Crippen LogP contribution in [-0.2, 0) is 9.59 Å². The van der Waals surface area contributed by atoms with Crippen molar-refractivity contribution < 1.29 is 14.7 Å². The van der Waals surface area contributed by atoms with Crippen LogP contribution in [0.5, 0.6) is 0 Å². The number of carbonyl (C=O) groups is 2. The molecular weight excluding hydrogens is 292 g/mol. The van der Waals surface area contributed by atoms with Gasteiger partial charge in [0.25, 0.3) is 0 Å². The first-order chi connectivity index (χ1) is 9.53. The Morgan fingerprint density at radius 3 is 2.05 bits per heavy atom. The number of amides is 1. The molecule has 1 saturated carbocycles.